The van der Waals surface area contributed by atoms with Gasteiger partial charge in [-0.05, 0) is 123 Å². The SMILES string of the molecule is COC(=O)C(NC(=O)NCC1(C)CC(CC(=O)OC[Si](C)(C)O[Si](C)(C)O[Si](C)(C)COC(=O)CC2CC(C)(C)CC(C)(CNC(=O)NC(C(=O)OC)C(C)C)C2)CC(C)(C)C1)C(C)C. The lowest BCUT2D eigenvalue weighted by molar-refractivity contribution is -0.145. The molecule has 0 aromatic rings. The van der Waals surface area contributed by atoms with Crippen LogP contribution in [0.25, 0.3) is 0 Å². The second-order valence-corrected chi connectivity index (χ2v) is 35.9. The summed E-state index contributed by atoms with van der Waals surface area (Å²) in [5, 5.41) is 11.4. The van der Waals surface area contributed by atoms with Crippen LogP contribution in [-0.4, -0.2) is 113 Å². The van der Waals surface area contributed by atoms with E-state index in [0.717, 1.165) is 38.5 Å². The molecular formula is C46H88N4O12Si3. The predicted molar refractivity (Wildman–Crippen MR) is 259 cm³/mol. The molecule has 2 rings (SSSR count). The Hall–Kier alpha value is -3.01. The molecule has 2 saturated carbocycles. The Kier molecular flexibility index (Phi) is 20.9. The van der Waals surface area contributed by atoms with E-state index >= 15 is 0 Å². The molecular weight excluding hydrogens is 885 g/mol. The molecule has 4 N–H and O–H groups in total. The van der Waals surface area contributed by atoms with Gasteiger partial charge >= 0.3 is 44.5 Å². The van der Waals surface area contributed by atoms with Gasteiger partial charge in [-0.3, -0.25) is 9.59 Å². The van der Waals surface area contributed by atoms with Crippen molar-refractivity contribution >= 4 is 61.1 Å². The third kappa shape index (κ3) is 20.8. The number of carbonyl (C=O) groups is 6. The van der Waals surface area contributed by atoms with Crippen LogP contribution < -0.4 is 21.3 Å². The molecule has 0 aromatic heterocycles. The van der Waals surface area contributed by atoms with Crippen LogP contribution in [0.1, 0.15) is 121 Å². The quantitative estimate of drug-likeness (QED) is 0.0467. The highest BCUT2D eigenvalue weighted by Gasteiger charge is 2.45. The molecule has 0 radical (unpaired) electrons. The Morgan fingerprint density at radius 1 is 0.554 bits per heavy atom. The van der Waals surface area contributed by atoms with E-state index < -0.39 is 61.3 Å². The van der Waals surface area contributed by atoms with E-state index in [4.69, 9.17) is 27.2 Å². The minimum absolute atomic E-state index is 0.0581. The first-order chi connectivity index (χ1) is 29.5. The zero-order chi connectivity index (χ0) is 50.0. The van der Waals surface area contributed by atoms with Crippen molar-refractivity contribution in [2.24, 2.45) is 45.3 Å². The molecule has 0 bridgehead atoms. The molecule has 0 spiro atoms. The Labute approximate surface area is 394 Å². The predicted octanol–water partition coefficient (Wildman–Crippen LogP) is 7.74. The number of urea groups is 2. The van der Waals surface area contributed by atoms with Crippen molar-refractivity contribution in [3.8, 4) is 0 Å². The van der Waals surface area contributed by atoms with Gasteiger partial charge < -0.3 is 48.4 Å². The lowest BCUT2D eigenvalue weighted by Crippen LogP contribution is -2.55. The van der Waals surface area contributed by atoms with E-state index in [9.17, 15) is 28.8 Å². The Morgan fingerprint density at radius 3 is 1.17 bits per heavy atom. The summed E-state index contributed by atoms with van der Waals surface area (Å²) in [5.74, 6) is -1.67. The summed E-state index contributed by atoms with van der Waals surface area (Å²) in [7, 11) is -5.25. The molecule has 376 valence electrons. The molecule has 2 aliphatic carbocycles. The minimum Gasteiger partial charge on any atom is -0.467 e. The smallest absolute Gasteiger partial charge is 0.328 e. The van der Waals surface area contributed by atoms with Gasteiger partial charge in [-0.2, -0.15) is 0 Å². The van der Waals surface area contributed by atoms with Crippen LogP contribution in [0.2, 0.25) is 39.3 Å². The van der Waals surface area contributed by atoms with Crippen LogP contribution in [-0.2, 0) is 46.4 Å². The first-order valence-electron chi connectivity index (χ1n) is 23.5. The maximum atomic E-state index is 13.4. The van der Waals surface area contributed by atoms with Gasteiger partial charge in [0.25, 0.3) is 0 Å². The monoisotopic (exact) mass is 973 g/mol. The van der Waals surface area contributed by atoms with Crippen molar-refractivity contribution in [2.75, 3.05) is 39.8 Å². The maximum Gasteiger partial charge on any atom is 0.328 e. The molecule has 0 heterocycles. The Bertz CT molecular complexity index is 1540. The summed E-state index contributed by atoms with van der Waals surface area (Å²) < 4.78 is 34.9. The maximum absolute atomic E-state index is 13.4. The summed E-state index contributed by atoms with van der Waals surface area (Å²) in [4.78, 5) is 76.7. The fourth-order valence-electron chi connectivity index (χ4n) is 11.0. The van der Waals surface area contributed by atoms with Gasteiger partial charge in [0.05, 0.1) is 14.2 Å². The summed E-state index contributed by atoms with van der Waals surface area (Å²) in [6.07, 6.45) is 5.79. The molecule has 0 aliphatic heterocycles. The van der Waals surface area contributed by atoms with Crippen molar-refractivity contribution in [2.45, 2.75) is 172 Å². The molecule has 16 nitrogen and oxygen atoms in total. The molecule has 65 heavy (non-hydrogen) atoms. The van der Waals surface area contributed by atoms with Gasteiger partial charge in [-0.15, -0.1) is 0 Å². The topological polar surface area (TPSA) is 206 Å². The van der Waals surface area contributed by atoms with Crippen LogP contribution >= 0.6 is 0 Å². The van der Waals surface area contributed by atoms with E-state index in [1.165, 1.54) is 14.2 Å². The first kappa shape index (κ1) is 58.1. The minimum atomic E-state index is -2.76. The third-order valence-corrected chi connectivity index (χ3v) is 22.4. The number of ether oxygens (including phenoxy) is 4. The zero-order valence-electron chi connectivity index (χ0n) is 43.3. The van der Waals surface area contributed by atoms with Crippen molar-refractivity contribution in [3.05, 3.63) is 0 Å². The van der Waals surface area contributed by atoms with E-state index in [1.807, 2.05) is 67.0 Å². The molecule has 0 saturated heterocycles. The van der Waals surface area contributed by atoms with Crippen LogP contribution in [0.3, 0.4) is 0 Å². The van der Waals surface area contributed by atoms with Crippen molar-refractivity contribution in [1.29, 1.82) is 0 Å². The number of carbonyl (C=O) groups excluding carboxylic acids is 6. The Morgan fingerprint density at radius 2 is 0.877 bits per heavy atom. The molecule has 19 heteroatoms. The highest BCUT2D eigenvalue weighted by Crippen LogP contribution is 2.50. The molecule has 0 aromatic carbocycles. The standard InChI is InChI=1S/C46H88N4O12Si3/c1-31(2)37(39(53)57-11)49-41(55)47-27-45(9)23-33(21-43(5,6)25-45)19-35(51)59-29-63(13,14)61-65(17,18)62-64(15,16)30-60-36(52)20-34-22-44(7,8)26-46(10,24-34)28-48-42(56)50-38(32(3)4)40(54)58-12/h31-34,37-38H,19-30H2,1-18H3,(H2,47,49,55)(H2,48,50,56). The highest BCUT2D eigenvalue weighted by molar-refractivity contribution is 6.87. The first-order valence-corrected chi connectivity index (χ1v) is 32.5. The molecule has 4 amide bonds. The van der Waals surface area contributed by atoms with Gasteiger partial charge in [-0.1, -0.05) is 69.2 Å². The van der Waals surface area contributed by atoms with Crippen molar-refractivity contribution in [1.82, 2.24) is 21.3 Å². The lowest BCUT2D eigenvalue weighted by Gasteiger charge is -2.46. The van der Waals surface area contributed by atoms with E-state index in [1.54, 1.807) is 0 Å². The number of esters is 4. The molecule has 6 atom stereocenters. The van der Waals surface area contributed by atoms with Crippen LogP contribution in [0.15, 0.2) is 0 Å². The number of hydrogen-bond acceptors (Lipinski definition) is 12. The van der Waals surface area contributed by atoms with Crippen molar-refractivity contribution < 1.29 is 55.9 Å². The second-order valence-electron chi connectivity index (χ2n) is 23.8. The molecule has 6 unspecified atom stereocenters. The number of nitrogens with one attached hydrogen (secondary N) is 4. The lowest BCUT2D eigenvalue weighted by atomic mass is 9.60. The van der Waals surface area contributed by atoms with E-state index in [2.05, 4.69) is 62.8 Å². The number of methoxy groups -OCH3 is 2. The van der Waals surface area contributed by atoms with Crippen LogP contribution in [0, 0.1) is 45.3 Å². The number of rotatable bonds is 22. The number of amides is 4. The summed E-state index contributed by atoms with van der Waals surface area (Å²) in [6, 6.07) is -2.36. The molecule has 2 aliphatic rings. The average molecular weight is 973 g/mol. The third-order valence-electron chi connectivity index (χ3n) is 12.3. The summed E-state index contributed by atoms with van der Waals surface area (Å²) in [6.45, 7) is 33.2. The van der Waals surface area contributed by atoms with Gasteiger partial charge in [0, 0.05) is 25.9 Å². The summed E-state index contributed by atoms with van der Waals surface area (Å²) in [5.41, 5.74) is -0.649. The normalized spacial score (nSPS) is 24.2. The number of hydrogen-bond donors (Lipinski definition) is 4. The second kappa shape index (κ2) is 23.3. The van der Waals surface area contributed by atoms with E-state index in [-0.39, 0.29) is 82.6 Å². The van der Waals surface area contributed by atoms with Crippen LogP contribution in [0.5, 0.6) is 0 Å². The highest BCUT2D eigenvalue weighted by atomic mass is 28.5. The zero-order valence-corrected chi connectivity index (χ0v) is 46.3. The largest absolute Gasteiger partial charge is 0.467 e. The van der Waals surface area contributed by atoms with Gasteiger partial charge in [0.1, 0.15) is 24.5 Å². The van der Waals surface area contributed by atoms with Crippen LogP contribution in [0.4, 0.5) is 9.59 Å². The summed E-state index contributed by atoms with van der Waals surface area (Å²) >= 11 is 0. The van der Waals surface area contributed by atoms with Gasteiger partial charge in [-0.25, -0.2) is 19.2 Å². The average Bonchev–Trinajstić information content (AvgIpc) is 3.12. The Balaban J connectivity index is 1.90. The van der Waals surface area contributed by atoms with Crippen molar-refractivity contribution in [3.63, 3.8) is 0 Å². The fraction of sp³-hybridized carbons (Fsp3) is 0.870. The fourth-order valence-corrected chi connectivity index (χ4v) is 23.7. The van der Waals surface area contributed by atoms with Gasteiger partial charge in [0.2, 0.25) is 16.6 Å². The van der Waals surface area contributed by atoms with E-state index in [0.29, 0.717) is 13.1 Å². The molecule has 2 fully saturated rings. The van der Waals surface area contributed by atoms with Gasteiger partial charge in [0.15, 0.2) is 0 Å².